The highest BCUT2D eigenvalue weighted by Crippen LogP contribution is 2.56. The van der Waals surface area contributed by atoms with E-state index >= 15 is 0 Å². The van der Waals surface area contributed by atoms with Crippen molar-refractivity contribution in [1.29, 1.82) is 0 Å². The Morgan fingerprint density at radius 2 is 0.961 bits per heavy atom. The van der Waals surface area contributed by atoms with Crippen LogP contribution < -0.4 is 9.47 Å². The number of carbonyl (C=O) groups excluding carboxylic acids is 2. The zero-order valence-corrected chi connectivity index (χ0v) is 28.7. The monoisotopic (exact) mass is 674 g/mol. The van der Waals surface area contributed by atoms with Gasteiger partial charge in [-0.2, -0.15) is 0 Å². The lowest BCUT2D eigenvalue weighted by Gasteiger charge is -2.34. The van der Waals surface area contributed by atoms with E-state index in [9.17, 15) is 9.59 Å². The molecule has 0 N–H and O–H groups in total. The standard InChI is InChI=1S/C45H38O6/c1-29(2)43(46)50-25-23-48-41-17-9-11-31-27-33(19-21-35(31)41)45(39-15-7-5-13-37(39)38-14-6-8-16-40(38)45)34-20-22-36-32(28-34)12-10-18-42(36)49-24-26-51-44(47)30(3)4/h5-22,27-28H,1,3,23-26H2,2,4H3. The van der Waals surface area contributed by atoms with Crippen LogP contribution in [0, 0.1) is 0 Å². The van der Waals surface area contributed by atoms with Crippen LogP contribution in [0.4, 0.5) is 0 Å². The first-order valence-electron chi connectivity index (χ1n) is 17.0. The molecule has 0 spiro atoms. The molecule has 0 radical (unpaired) electrons. The van der Waals surface area contributed by atoms with Gasteiger partial charge in [0, 0.05) is 21.9 Å². The lowest BCUT2D eigenvalue weighted by Crippen LogP contribution is -2.28. The molecule has 0 saturated heterocycles. The molecule has 6 heteroatoms. The average molecular weight is 675 g/mol. The summed E-state index contributed by atoms with van der Waals surface area (Å²) in [5.41, 5.74) is 7.19. The van der Waals surface area contributed by atoms with E-state index in [1.165, 1.54) is 22.3 Å². The molecule has 1 aliphatic rings. The van der Waals surface area contributed by atoms with E-state index in [0.717, 1.165) is 44.2 Å². The molecule has 0 atom stereocenters. The topological polar surface area (TPSA) is 71.1 Å². The molecule has 0 bridgehead atoms. The molecule has 6 aromatic rings. The summed E-state index contributed by atoms with van der Waals surface area (Å²) in [5, 5.41) is 4.01. The third kappa shape index (κ3) is 6.14. The number of esters is 2. The van der Waals surface area contributed by atoms with Crippen molar-refractivity contribution in [2.24, 2.45) is 0 Å². The molecule has 6 nitrogen and oxygen atoms in total. The van der Waals surface area contributed by atoms with Crippen molar-refractivity contribution in [2.75, 3.05) is 26.4 Å². The number of hydrogen-bond acceptors (Lipinski definition) is 6. The first-order valence-corrected chi connectivity index (χ1v) is 17.0. The smallest absolute Gasteiger partial charge is 0.333 e. The van der Waals surface area contributed by atoms with E-state index in [1.807, 2.05) is 24.3 Å². The largest absolute Gasteiger partial charge is 0.489 e. The molecule has 7 rings (SSSR count). The SMILES string of the molecule is C=C(C)C(=O)OCCOc1cccc2cc(C3(c4ccc5c(OCCOC(=O)C(=C)C)cccc5c4)c4ccccc4-c4ccccc43)ccc12. The van der Waals surface area contributed by atoms with Gasteiger partial charge in [-0.3, -0.25) is 0 Å². The second kappa shape index (κ2) is 14.0. The molecular formula is C45H38O6. The summed E-state index contributed by atoms with van der Waals surface area (Å²) in [5.74, 6) is 0.587. The molecule has 0 aromatic heterocycles. The van der Waals surface area contributed by atoms with Crippen LogP contribution in [0.5, 0.6) is 11.5 Å². The zero-order valence-electron chi connectivity index (χ0n) is 28.7. The van der Waals surface area contributed by atoms with Gasteiger partial charge in [-0.15, -0.1) is 0 Å². The van der Waals surface area contributed by atoms with Gasteiger partial charge in [0.05, 0.1) is 5.41 Å². The van der Waals surface area contributed by atoms with Crippen molar-refractivity contribution in [1.82, 2.24) is 0 Å². The number of carbonyl (C=O) groups is 2. The first kappa shape index (κ1) is 33.4. The Hall–Kier alpha value is -6.14. The number of fused-ring (bicyclic) bond motifs is 5. The minimum atomic E-state index is -0.614. The molecule has 0 heterocycles. The summed E-state index contributed by atoms with van der Waals surface area (Å²) in [4.78, 5) is 23.7. The summed E-state index contributed by atoms with van der Waals surface area (Å²) in [7, 11) is 0. The fraction of sp³-hybridized carbons (Fsp3) is 0.156. The van der Waals surface area contributed by atoms with Crippen molar-refractivity contribution in [2.45, 2.75) is 19.3 Å². The van der Waals surface area contributed by atoms with E-state index in [0.29, 0.717) is 11.1 Å². The van der Waals surface area contributed by atoms with Crippen LogP contribution in [-0.2, 0) is 24.5 Å². The van der Waals surface area contributed by atoms with Gasteiger partial charge in [-0.05, 0) is 82.3 Å². The van der Waals surface area contributed by atoms with Gasteiger partial charge in [0.15, 0.2) is 0 Å². The van der Waals surface area contributed by atoms with E-state index in [4.69, 9.17) is 18.9 Å². The maximum Gasteiger partial charge on any atom is 0.333 e. The fourth-order valence-corrected chi connectivity index (χ4v) is 7.07. The van der Waals surface area contributed by atoms with Gasteiger partial charge in [0.25, 0.3) is 0 Å². The van der Waals surface area contributed by atoms with Crippen molar-refractivity contribution < 1.29 is 28.5 Å². The average Bonchev–Trinajstić information content (AvgIpc) is 3.45. The second-order valence-corrected chi connectivity index (χ2v) is 12.8. The molecule has 0 amide bonds. The Bertz CT molecular complexity index is 2170. The van der Waals surface area contributed by atoms with Crippen molar-refractivity contribution in [3.8, 4) is 22.6 Å². The maximum absolute atomic E-state index is 11.8. The molecular weight excluding hydrogens is 636 g/mol. The Labute approximate surface area is 297 Å². The summed E-state index contributed by atoms with van der Waals surface area (Å²) < 4.78 is 22.7. The lowest BCUT2D eigenvalue weighted by atomic mass is 9.67. The van der Waals surface area contributed by atoms with Crippen molar-refractivity contribution >= 4 is 33.5 Å². The summed E-state index contributed by atoms with van der Waals surface area (Å²) in [6.07, 6.45) is 0. The minimum absolute atomic E-state index is 0.133. The van der Waals surface area contributed by atoms with Gasteiger partial charge in [-0.25, -0.2) is 9.59 Å². The quantitative estimate of drug-likeness (QED) is 0.0731. The van der Waals surface area contributed by atoms with Gasteiger partial charge in [0.1, 0.15) is 37.9 Å². The summed E-state index contributed by atoms with van der Waals surface area (Å²) in [6, 6.07) is 42.5. The van der Waals surface area contributed by atoms with Crippen LogP contribution in [0.15, 0.2) is 146 Å². The van der Waals surface area contributed by atoms with Gasteiger partial charge >= 0.3 is 11.9 Å². The molecule has 0 fully saturated rings. The molecule has 6 aromatic carbocycles. The Morgan fingerprint density at radius 3 is 1.39 bits per heavy atom. The highest BCUT2D eigenvalue weighted by Gasteiger charge is 2.46. The van der Waals surface area contributed by atoms with Crippen LogP contribution in [-0.4, -0.2) is 38.4 Å². The number of ether oxygens (including phenoxy) is 4. The van der Waals surface area contributed by atoms with Gasteiger partial charge < -0.3 is 18.9 Å². The third-order valence-corrected chi connectivity index (χ3v) is 9.34. The zero-order chi connectivity index (χ0) is 35.5. The summed E-state index contributed by atoms with van der Waals surface area (Å²) >= 11 is 0. The predicted octanol–water partition coefficient (Wildman–Crippen LogP) is 9.35. The van der Waals surface area contributed by atoms with Gasteiger partial charge in [0.2, 0.25) is 0 Å². The Balaban J connectivity index is 1.31. The first-order chi connectivity index (χ1) is 24.8. The minimum Gasteiger partial charge on any atom is -0.489 e. The second-order valence-electron chi connectivity index (χ2n) is 12.8. The van der Waals surface area contributed by atoms with Crippen LogP contribution in [0.25, 0.3) is 32.7 Å². The van der Waals surface area contributed by atoms with Crippen molar-refractivity contribution in [3.05, 3.63) is 168 Å². The maximum atomic E-state index is 11.8. The van der Waals surface area contributed by atoms with E-state index in [2.05, 4.69) is 110 Å². The fourth-order valence-electron chi connectivity index (χ4n) is 7.07. The number of rotatable bonds is 12. The van der Waals surface area contributed by atoms with Crippen LogP contribution in [0.2, 0.25) is 0 Å². The van der Waals surface area contributed by atoms with E-state index in [1.54, 1.807) is 13.8 Å². The number of benzene rings is 6. The lowest BCUT2D eigenvalue weighted by molar-refractivity contribution is -0.140. The predicted molar refractivity (Wildman–Crippen MR) is 201 cm³/mol. The van der Waals surface area contributed by atoms with Crippen LogP contribution >= 0.6 is 0 Å². The van der Waals surface area contributed by atoms with Crippen LogP contribution in [0.3, 0.4) is 0 Å². The van der Waals surface area contributed by atoms with E-state index in [-0.39, 0.29) is 26.4 Å². The number of hydrogen-bond donors (Lipinski definition) is 0. The Kier molecular flexibility index (Phi) is 9.16. The summed E-state index contributed by atoms with van der Waals surface area (Å²) in [6.45, 7) is 11.2. The Morgan fingerprint density at radius 1 is 0.529 bits per heavy atom. The molecule has 0 unspecified atom stereocenters. The van der Waals surface area contributed by atoms with Gasteiger partial charge in [-0.1, -0.05) is 110 Å². The molecule has 254 valence electrons. The highest BCUT2D eigenvalue weighted by molar-refractivity contribution is 5.94. The molecule has 0 aliphatic heterocycles. The molecule has 51 heavy (non-hydrogen) atoms. The van der Waals surface area contributed by atoms with Crippen LogP contribution in [0.1, 0.15) is 36.1 Å². The normalized spacial score (nSPS) is 12.5. The van der Waals surface area contributed by atoms with Crippen molar-refractivity contribution in [3.63, 3.8) is 0 Å². The highest BCUT2D eigenvalue weighted by atomic mass is 16.6. The third-order valence-electron chi connectivity index (χ3n) is 9.34. The van der Waals surface area contributed by atoms with E-state index < -0.39 is 17.4 Å². The molecule has 0 saturated carbocycles. The molecule has 1 aliphatic carbocycles.